The molecule has 0 bridgehead atoms. The summed E-state index contributed by atoms with van der Waals surface area (Å²) in [7, 11) is 5.18. The second-order valence-corrected chi connectivity index (χ2v) is 8.65. The van der Waals surface area contributed by atoms with Gasteiger partial charge in [0.25, 0.3) is 0 Å². The summed E-state index contributed by atoms with van der Waals surface area (Å²) in [5.41, 5.74) is 4.05. The lowest BCUT2D eigenvalue weighted by Gasteiger charge is -2.31. The summed E-state index contributed by atoms with van der Waals surface area (Å²) in [5, 5.41) is 4.78. The minimum absolute atomic E-state index is 0.0775. The van der Waals surface area contributed by atoms with E-state index in [2.05, 4.69) is 4.99 Å². The maximum atomic E-state index is 13.3. The molecule has 3 rings (SSSR count). The number of carbonyl (C=O) groups excluding carboxylic acids is 2. The third-order valence-electron chi connectivity index (χ3n) is 5.74. The first-order valence-corrected chi connectivity index (χ1v) is 10.8. The van der Waals surface area contributed by atoms with Gasteiger partial charge in [0.1, 0.15) is 12.5 Å². The summed E-state index contributed by atoms with van der Waals surface area (Å²) in [6, 6.07) is 5.78. The van der Waals surface area contributed by atoms with Crippen molar-refractivity contribution in [3.63, 3.8) is 0 Å². The SMILES string of the molecule is COC(=O)C1C(C)=NC(C)=C(C(=O)OCCN(C)C)C1c1c(C(C)C)nn2ccccc12. The van der Waals surface area contributed by atoms with Gasteiger partial charge in [0.15, 0.2) is 0 Å². The zero-order valence-electron chi connectivity index (χ0n) is 19.9. The van der Waals surface area contributed by atoms with Gasteiger partial charge in [-0.15, -0.1) is 0 Å². The van der Waals surface area contributed by atoms with Gasteiger partial charge >= 0.3 is 11.9 Å². The minimum atomic E-state index is -0.745. The molecule has 0 fully saturated rings. The van der Waals surface area contributed by atoms with Crippen LogP contribution in [0.15, 0.2) is 40.7 Å². The highest BCUT2D eigenvalue weighted by Crippen LogP contribution is 2.44. The molecule has 0 N–H and O–H groups in total. The molecular formula is C24H32N4O4. The summed E-state index contributed by atoms with van der Waals surface area (Å²) in [4.78, 5) is 32.8. The number of ether oxygens (including phenoxy) is 2. The largest absolute Gasteiger partial charge is 0.468 e. The standard InChI is InChI=1S/C24H32N4O4/c1-14(2)22-20(17-10-8-9-11-28(17)26-22)21-18(23(29)31-7)15(3)25-16(4)19(21)24(30)32-13-12-27(5)6/h8-11,14,18,21H,12-13H2,1-7H3. The molecule has 2 aromatic rings. The number of fused-ring (bicyclic) bond motifs is 1. The van der Waals surface area contributed by atoms with E-state index >= 15 is 0 Å². The maximum absolute atomic E-state index is 13.3. The molecule has 1 aliphatic rings. The summed E-state index contributed by atoms with van der Waals surface area (Å²) in [5.74, 6) is -2.18. The third-order valence-corrected chi connectivity index (χ3v) is 5.74. The van der Waals surface area contributed by atoms with Crippen LogP contribution in [-0.2, 0) is 19.1 Å². The third kappa shape index (κ3) is 4.46. The Morgan fingerprint density at radius 2 is 1.94 bits per heavy atom. The number of aliphatic imine (C=N–C) groups is 1. The molecule has 3 heterocycles. The molecule has 2 unspecified atom stereocenters. The predicted molar refractivity (Wildman–Crippen MR) is 123 cm³/mol. The molecule has 2 atom stereocenters. The van der Waals surface area contributed by atoms with E-state index in [1.807, 2.05) is 57.2 Å². The topological polar surface area (TPSA) is 85.5 Å². The molecule has 8 heteroatoms. The van der Waals surface area contributed by atoms with Crippen LogP contribution in [0, 0.1) is 5.92 Å². The number of esters is 2. The Labute approximate surface area is 188 Å². The average molecular weight is 441 g/mol. The van der Waals surface area contributed by atoms with Crippen LogP contribution in [0.2, 0.25) is 0 Å². The molecule has 0 aliphatic carbocycles. The van der Waals surface area contributed by atoms with Crippen LogP contribution in [0.3, 0.4) is 0 Å². The molecule has 2 aromatic heterocycles. The molecule has 0 spiro atoms. The number of methoxy groups -OCH3 is 1. The van der Waals surface area contributed by atoms with E-state index in [4.69, 9.17) is 14.6 Å². The molecular weight excluding hydrogens is 408 g/mol. The van der Waals surface area contributed by atoms with Crippen molar-refractivity contribution < 1.29 is 19.1 Å². The van der Waals surface area contributed by atoms with E-state index in [9.17, 15) is 9.59 Å². The van der Waals surface area contributed by atoms with E-state index < -0.39 is 23.8 Å². The fourth-order valence-corrected chi connectivity index (χ4v) is 4.23. The first kappa shape index (κ1) is 23.7. The molecule has 8 nitrogen and oxygen atoms in total. The van der Waals surface area contributed by atoms with Gasteiger partial charge in [0.2, 0.25) is 0 Å². The number of hydrogen-bond acceptors (Lipinski definition) is 7. The van der Waals surface area contributed by atoms with E-state index in [0.717, 1.165) is 16.8 Å². The number of carbonyl (C=O) groups is 2. The van der Waals surface area contributed by atoms with E-state index in [0.29, 0.717) is 23.5 Å². The normalized spacial score (nSPS) is 19.0. The van der Waals surface area contributed by atoms with Crippen LogP contribution in [0.5, 0.6) is 0 Å². The van der Waals surface area contributed by atoms with Crippen molar-refractivity contribution in [3.05, 3.63) is 46.9 Å². The Morgan fingerprint density at radius 1 is 1.22 bits per heavy atom. The maximum Gasteiger partial charge on any atom is 0.336 e. The highest BCUT2D eigenvalue weighted by atomic mass is 16.5. The Morgan fingerprint density at radius 3 is 2.56 bits per heavy atom. The van der Waals surface area contributed by atoms with Gasteiger partial charge < -0.3 is 14.4 Å². The Kier molecular flexibility index (Phi) is 7.13. The van der Waals surface area contributed by atoms with Crippen molar-refractivity contribution in [2.75, 3.05) is 34.4 Å². The zero-order chi connectivity index (χ0) is 23.6. The quantitative estimate of drug-likeness (QED) is 0.615. The molecule has 172 valence electrons. The Hall–Kier alpha value is -3.00. The van der Waals surface area contributed by atoms with Gasteiger partial charge in [0.05, 0.1) is 23.9 Å². The van der Waals surface area contributed by atoms with Crippen molar-refractivity contribution >= 4 is 23.2 Å². The van der Waals surface area contributed by atoms with Gasteiger partial charge in [0, 0.05) is 35.6 Å². The second-order valence-electron chi connectivity index (χ2n) is 8.65. The second kappa shape index (κ2) is 9.65. The number of pyridine rings is 1. The van der Waals surface area contributed by atoms with Crippen LogP contribution in [0.4, 0.5) is 0 Å². The molecule has 0 saturated carbocycles. The molecule has 0 amide bonds. The van der Waals surface area contributed by atoms with Crippen molar-refractivity contribution in [2.24, 2.45) is 10.9 Å². The van der Waals surface area contributed by atoms with Gasteiger partial charge in [-0.2, -0.15) is 5.10 Å². The van der Waals surface area contributed by atoms with Gasteiger partial charge in [-0.3, -0.25) is 9.79 Å². The summed E-state index contributed by atoms with van der Waals surface area (Å²) >= 11 is 0. The Balaban J connectivity index is 2.23. The Bertz CT molecular complexity index is 1080. The predicted octanol–water partition coefficient (Wildman–Crippen LogP) is 3.18. The molecule has 0 aromatic carbocycles. The monoisotopic (exact) mass is 440 g/mol. The van der Waals surface area contributed by atoms with Crippen LogP contribution in [-0.4, -0.2) is 66.5 Å². The number of nitrogens with zero attached hydrogens (tertiary/aromatic N) is 4. The highest BCUT2D eigenvalue weighted by Gasteiger charge is 2.44. The lowest BCUT2D eigenvalue weighted by atomic mass is 9.74. The number of rotatable bonds is 7. The number of hydrogen-bond donors (Lipinski definition) is 0. The smallest absolute Gasteiger partial charge is 0.336 e. The average Bonchev–Trinajstić information content (AvgIpc) is 3.12. The van der Waals surface area contributed by atoms with Gasteiger partial charge in [-0.1, -0.05) is 19.9 Å². The minimum Gasteiger partial charge on any atom is -0.468 e. The highest BCUT2D eigenvalue weighted by molar-refractivity contribution is 6.07. The van der Waals surface area contributed by atoms with Crippen molar-refractivity contribution in [2.45, 2.75) is 39.5 Å². The first-order valence-electron chi connectivity index (χ1n) is 10.8. The first-order chi connectivity index (χ1) is 15.2. The van der Waals surface area contributed by atoms with Crippen LogP contribution in [0.25, 0.3) is 5.52 Å². The number of allylic oxidation sites excluding steroid dienone is 1. The molecule has 0 saturated heterocycles. The van der Waals surface area contributed by atoms with Crippen LogP contribution in [0.1, 0.15) is 50.8 Å². The summed E-state index contributed by atoms with van der Waals surface area (Å²) < 4.78 is 12.6. The number of aromatic nitrogens is 2. The summed E-state index contributed by atoms with van der Waals surface area (Å²) in [6.45, 7) is 8.52. The van der Waals surface area contributed by atoms with Crippen LogP contribution < -0.4 is 0 Å². The zero-order valence-corrected chi connectivity index (χ0v) is 19.9. The van der Waals surface area contributed by atoms with E-state index in [1.54, 1.807) is 18.4 Å². The lowest BCUT2D eigenvalue weighted by Crippen LogP contribution is -2.37. The van der Waals surface area contributed by atoms with E-state index in [-0.39, 0.29) is 12.5 Å². The van der Waals surface area contributed by atoms with Crippen molar-refractivity contribution in [1.29, 1.82) is 0 Å². The molecule has 1 aliphatic heterocycles. The lowest BCUT2D eigenvalue weighted by molar-refractivity contribution is -0.144. The van der Waals surface area contributed by atoms with Gasteiger partial charge in [-0.25, -0.2) is 9.31 Å². The fraction of sp³-hybridized carbons (Fsp3) is 0.500. The van der Waals surface area contributed by atoms with Crippen LogP contribution >= 0.6 is 0 Å². The number of likely N-dealkylation sites (N-methyl/N-ethyl adjacent to an activating group) is 1. The molecule has 0 radical (unpaired) electrons. The van der Waals surface area contributed by atoms with Gasteiger partial charge in [-0.05, 0) is 46.0 Å². The fourth-order valence-electron chi connectivity index (χ4n) is 4.23. The molecule has 32 heavy (non-hydrogen) atoms. The van der Waals surface area contributed by atoms with E-state index in [1.165, 1.54) is 7.11 Å². The van der Waals surface area contributed by atoms with Crippen molar-refractivity contribution in [1.82, 2.24) is 14.5 Å². The summed E-state index contributed by atoms with van der Waals surface area (Å²) in [6.07, 6.45) is 1.87. The van der Waals surface area contributed by atoms with Crippen molar-refractivity contribution in [3.8, 4) is 0 Å².